The summed E-state index contributed by atoms with van der Waals surface area (Å²) < 4.78 is 11.2. The summed E-state index contributed by atoms with van der Waals surface area (Å²) in [6, 6.07) is 13.2. The van der Waals surface area contributed by atoms with Crippen molar-refractivity contribution in [3.8, 4) is 11.6 Å². The van der Waals surface area contributed by atoms with E-state index in [0.29, 0.717) is 18.8 Å². The lowest BCUT2D eigenvalue weighted by atomic mass is 10.1. The van der Waals surface area contributed by atoms with Crippen LogP contribution in [0.25, 0.3) is 0 Å². The van der Waals surface area contributed by atoms with Crippen molar-refractivity contribution in [1.82, 2.24) is 10.3 Å². The van der Waals surface area contributed by atoms with Crippen molar-refractivity contribution < 1.29 is 14.3 Å². The van der Waals surface area contributed by atoms with Gasteiger partial charge >= 0.3 is 0 Å². The third-order valence-electron chi connectivity index (χ3n) is 3.97. The summed E-state index contributed by atoms with van der Waals surface area (Å²) in [5, 5.41) is 2.94. The van der Waals surface area contributed by atoms with Gasteiger partial charge in [0.25, 0.3) is 0 Å². The van der Waals surface area contributed by atoms with Crippen LogP contribution >= 0.6 is 0 Å². The fourth-order valence-corrected chi connectivity index (χ4v) is 2.68. The number of hydrogen-bond donors (Lipinski definition) is 1. The van der Waals surface area contributed by atoms with E-state index in [9.17, 15) is 4.79 Å². The standard InChI is InChI=1S/C19H22N2O3/c22-18(9-8-16-7-4-12-23-16)21-14-15-10-11-20-19(13-15)24-17-5-2-1-3-6-17/h1-3,5-6,10-11,13,16H,4,7-9,12,14H2,(H,21,22)/t16-/m1/s1. The zero-order valence-electron chi connectivity index (χ0n) is 13.6. The molecule has 3 rings (SSSR count). The SMILES string of the molecule is O=C(CC[C@H]1CCCO1)NCc1ccnc(Oc2ccccc2)c1. The predicted molar refractivity (Wildman–Crippen MR) is 90.8 cm³/mol. The van der Waals surface area contributed by atoms with Crippen molar-refractivity contribution in [2.24, 2.45) is 0 Å². The number of rotatable bonds is 7. The molecule has 0 aliphatic carbocycles. The largest absolute Gasteiger partial charge is 0.439 e. The van der Waals surface area contributed by atoms with Crippen molar-refractivity contribution >= 4 is 5.91 Å². The fourth-order valence-electron chi connectivity index (χ4n) is 2.68. The van der Waals surface area contributed by atoms with Crippen LogP contribution in [0.1, 0.15) is 31.2 Å². The zero-order valence-corrected chi connectivity index (χ0v) is 13.6. The smallest absolute Gasteiger partial charge is 0.220 e. The minimum absolute atomic E-state index is 0.0489. The van der Waals surface area contributed by atoms with Crippen molar-refractivity contribution in [1.29, 1.82) is 0 Å². The number of hydrogen-bond acceptors (Lipinski definition) is 4. The summed E-state index contributed by atoms with van der Waals surface area (Å²) >= 11 is 0. The van der Waals surface area contributed by atoms with E-state index < -0.39 is 0 Å². The molecule has 1 fully saturated rings. The van der Waals surface area contributed by atoms with Crippen LogP contribution in [0.2, 0.25) is 0 Å². The summed E-state index contributed by atoms with van der Waals surface area (Å²) in [5.74, 6) is 1.31. The van der Waals surface area contributed by atoms with Gasteiger partial charge in [0.05, 0.1) is 6.10 Å². The van der Waals surface area contributed by atoms with Crippen LogP contribution < -0.4 is 10.1 Å². The van der Waals surface area contributed by atoms with E-state index in [0.717, 1.165) is 37.2 Å². The minimum Gasteiger partial charge on any atom is -0.439 e. The van der Waals surface area contributed by atoms with Crippen LogP contribution in [-0.4, -0.2) is 23.6 Å². The lowest BCUT2D eigenvalue weighted by Crippen LogP contribution is -2.23. The maximum atomic E-state index is 11.9. The van der Waals surface area contributed by atoms with Crippen molar-refractivity contribution in [2.75, 3.05) is 6.61 Å². The van der Waals surface area contributed by atoms with Gasteiger partial charge in [0.1, 0.15) is 5.75 Å². The van der Waals surface area contributed by atoms with Gasteiger partial charge in [-0.05, 0) is 43.0 Å². The number of amides is 1. The molecule has 1 amide bonds. The average molecular weight is 326 g/mol. The number of aromatic nitrogens is 1. The molecule has 5 heteroatoms. The molecule has 1 atom stereocenters. The van der Waals surface area contributed by atoms with Crippen LogP contribution in [0.5, 0.6) is 11.6 Å². The summed E-state index contributed by atoms with van der Waals surface area (Å²) in [5.41, 5.74) is 0.960. The van der Waals surface area contributed by atoms with E-state index in [1.54, 1.807) is 6.20 Å². The first-order valence-electron chi connectivity index (χ1n) is 8.36. The Morgan fingerprint density at radius 3 is 2.96 bits per heavy atom. The molecule has 24 heavy (non-hydrogen) atoms. The Labute approximate surface area is 142 Å². The van der Waals surface area contributed by atoms with E-state index in [-0.39, 0.29) is 12.0 Å². The first-order valence-corrected chi connectivity index (χ1v) is 8.36. The molecule has 2 heterocycles. The van der Waals surface area contributed by atoms with Gasteiger partial charge in [-0.15, -0.1) is 0 Å². The summed E-state index contributed by atoms with van der Waals surface area (Å²) in [6.07, 6.45) is 5.41. The number of para-hydroxylation sites is 1. The quantitative estimate of drug-likeness (QED) is 0.846. The Morgan fingerprint density at radius 1 is 1.29 bits per heavy atom. The Balaban J connectivity index is 1.46. The van der Waals surface area contributed by atoms with Gasteiger partial charge in [0.2, 0.25) is 11.8 Å². The highest BCUT2D eigenvalue weighted by atomic mass is 16.5. The maximum Gasteiger partial charge on any atom is 0.220 e. The number of nitrogens with zero attached hydrogens (tertiary/aromatic N) is 1. The molecule has 0 unspecified atom stereocenters. The van der Waals surface area contributed by atoms with Gasteiger partial charge < -0.3 is 14.8 Å². The molecule has 1 saturated heterocycles. The number of carbonyl (C=O) groups excluding carboxylic acids is 1. The van der Waals surface area contributed by atoms with Gasteiger partial charge in [-0.3, -0.25) is 4.79 Å². The molecule has 0 saturated carbocycles. The van der Waals surface area contributed by atoms with Crippen molar-refractivity contribution in [2.45, 2.75) is 38.3 Å². The van der Waals surface area contributed by atoms with Crippen LogP contribution in [0, 0.1) is 0 Å². The highest BCUT2D eigenvalue weighted by molar-refractivity contribution is 5.75. The average Bonchev–Trinajstić information content (AvgIpc) is 3.13. The molecule has 1 aromatic carbocycles. The Kier molecular flexibility index (Phi) is 5.80. The molecular weight excluding hydrogens is 304 g/mol. The first kappa shape index (κ1) is 16.5. The maximum absolute atomic E-state index is 11.9. The third-order valence-corrected chi connectivity index (χ3v) is 3.97. The number of carbonyl (C=O) groups is 1. The van der Waals surface area contributed by atoms with Crippen molar-refractivity contribution in [3.63, 3.8) is 0 Å². The topological polar surface area (TPSA) is 60.5 Å². The van der Waals surface area contributed by atoms with Crippen LogP contribution in [-0.2, 0) is 16.1 Å². The third kappa shape index (κ3) is 5.06. The molecule has 0 spiro atoms. The lowest BCUT2D eigenvalue weighted by molar-refractivity contribution is -0.121. The van der Waals surface area contributed by atoms with Crippen LogP contribution in [0.4, 0.5) is 0 Å². The van der Waals surface area contributed by atoms with Gasteiger partial charge in [0, 0.05) is 31.8 Å². The molecule has 1 aliphatic rings. The highest BCUT2D eigenvalue weighted by Gasteiger charge is 2.16. The molecule has 5 nitrogen and oxygen atoms in total. The van der Waals surface area contributed by atoms with E-state index >= 15 is 0 Å². The number of benzene rings is 1. The molecule has 2 aromatic rings. The minimum atomic E-state index is 0.0489. The second-order valence-electron chi connectivity index (χ2n) is 5.87. The van der Waals surface area contributed by atoms with Gasteiger partial charge in [-0.2, -0.15) is 0 Å². The van der Waals surface area contributed by atoms with Gasteiger partial charge in [-0.1, -0.05) is 18.2 Å². The van der Waals surface area contributed by atoms with Crippen LogP contribution in [0.3, 0.4) is 0 Å². The van der Waals surface area contributed by atoms with Crippen LogP contribution in [0.15, 0.2) is 48.7 Å². The number of ether oxygens (including phenoxy) is 2. The van der Waals surface area contributed by atoms with Gasteiger partial charge in [0.15, 0.2) is 0 Å². The second kappa shape index (κ2) is 8.45. The molecule has 0 bridgehead atoms. The Morgan fingerprint density at radius 2 is 2.17 bits per heavy atom. The second-order valence-corrected chi connectivity index (χ2v) is 5.87. The Bertz CT molecular complexity index is 655. The Hall–Kier alpha value is -2.40. The zero-order chi connectivity index (χ0) is 16.6. The van der Waals surface area contributed by atoms with Gasteiger partial charge in [-0.25, -0.2) is 4.98 Å². The lowest BCUT2D eigenvalue weighted by Gasteiger charge is -2.10. The normalized spacial score (nSPS) is 16.8. The van der Waals surface area contributed by atoms with E-state index in [2.05, 4.69) is 10.3 Å². The van der Waals surface area contributed by atoms with E-state index in [4.69, 9.17) is 9.47 Å². The summed E-state index contributed by atoms with van der Waals surface area (Å²) in [6.45, 7) is 1.30. The number of nitrogens with one attached hydrogen (secondary N) is 1. The monoisotopic (exact) mass is 326 g/mol. The summed E-state index contributed by atoms with van der Waals surface area (Å²) in [7, 11) is 0. The molecule has 1 aliphatic heterocycles. The molecular formula is C19H22N2O3. The van der Waals surface area contributed by atoms with E-state index in [1.807, 2.05) is 42.5 Å². The highest BCUT2D eigenvalue weighted by Crippen LogP contribution is 2.19. The predicted octanol–water partition coefficient (Wildman–Crippen LogP) is 3.45. The molecule has 0 radical (unpaired) electrons. The molecule has 126 valence electrons. The van der Waals surface area contributed by atoms with Crippen molar-refractivity contribution in [3.05, 3.63) is 54.2 Å². The van der Waals surface area contributed by atoms with E-state index in [1.165, 1.54) is 0 Å². The molecule has 1 aromatic heterocycles. The first-order chi connectivity index (χ1) is 11.8. The molecule has 1 N–H and O–H groups in total. The summed E-state index contributed by atoms with van der Waals surface area (Å²) in [4.78, 5) is 16.1. The number of pyridine rings is 1. The fraction of sp³-hybridized carbons (Fsp3) is 0.368.